The molecule has 2 aromatic rings. The van der Waals surface area contributed by atoms with Crippen LogP contribution in [-0.4, -0.2) is 57.9 Å². The maximum Gasteiger partial charge on any atom is 0.326 e. The molecule has 8 heteroatoms. The molecule has 166 valence electrons. The molecule has 0 bridgehead atoms. The molecule has 0 aromatic heterocycles. The highest BCUT2D eigenvalue weighted by Crippen LogP contribution is 2.23. The monoisotopic (exact) mass is 428 g/mol. The van der Waals surface area contributed by atoms with Crippen molar-refractivity contribution in [1.82, 2.24) is 4.90 Å². The van der Waals surface area contributed by atoms with Crippen molar-refractivity contribution in [3.05, 3.63) is 48.0 Å². The van der Waals surface area contributed by atoms with Crippen LogP contribution in [0.25, 0.3) is 10.8 Å². The quantitative estimate of drug-likeness (QED) is 0.559. The normalized spacial score (nSPS) is 18.3. The molecule has 1 amide bonds. The Morgan fingerprint density at radius 1 is 1.10 bits per heavy atom. The number of carboxylic acid groups (broad SMARTS) is 2. The van der Waals surface area contributed by atoms with E-state index in [0.29, 0.717) is 13.0 Å². The fourth-order valence-electron chi connectivity index (χ4n) is 3.98. The number of fused-ring (bicyclic) bond motifs is 1. The molecule has 31 heavy (non-hydrogen) atoms. The highest BCUT2D eigenvalue weighted by atomic mass is 16.5. The molecule has 0 spiro atoms. The molecular formula is C23H28N2O6. The lowest BCUT2D eigenvalue weighted by Gasteiger charge is -2.39. The average molecular weight is 428 g/mol. The zero-order valence-electron chi connectivity index (χ0n) is 17.3. The van der Waals surface area contributed by atoms with E-state index in [1.54, 1.807) is 0 Å². The van der Waals surface area contributed by atoms with Crippen LogP contribution in [-0.2, 0) is 25.5 Å². The van der Waals surface area contributed by atoms with E-state index in [2.05, 4.69) is 0 Å². The van der Waals surface area contributed by atoms with Gasteiger partial charge in [-0.3, -0.25) is 9.59 Å². The number of carbonyl (C=O) groups excluding carboxylic acids is 1. The maximum atomic E-state index is 13.3. The lowest BCUT2D eigenvalue weighted by Crippen LogP contribution is -2.57. The van der Waals surface area contributed by atoms with Crippen molar-refractivity contribution in [2.75, 3.05) is 6.61 Å². The Labute approximate surface area is 180 Å². The van der Waals surface area contributed by atoms with Gasteiger partial charge in [0.05, 0.1) is 6.04 Å². The molecule has 1 fully saturated rings. The van der Waals surface area contributed by atoms with Crippen LogP contribution in [0.4, 0.5) is 0 Å². The summed E-state index contributed by atoms with van der Waals surface area (Å²) in [6.45, 7) is 0.416. The van der Waals surface area contributed by atoms with Gasteiger partial charge in [-0.25, -0.2) is 4.79 Å². The summed E-state index contributed by atoms with van der Waals surface area (Å²) in [6.07, 6.45) is 1.04. The highest BCUT2D eigenvalue weighted by molar-refractivity contribution is 5.88. The first-order valence-corrected chi connectivity index (χ1v) is 10.5. The summed E-state index contributed by atoms with van der Waals surface area (Å²) in [5.74, 6) is -2.93. The summed E-state index contributed by atoms with van der Waals surface area (Å²) < 4.78 is 5.70. The van der Waals surface area contributed by atoms with Crippen molar-refractivity contribution < 1.29 is 29.3 Å². The van der Waals surface area contributed by atoms with Crippen LogP contribution in [0, 0.1) is 0 Å². The summed E-state index contributed by atoms with van der Waals surface area (Å²) in [6, 6.07) is 11.4. The van der Waals surface area contributed by atoms with Crippen LogP contribution in [0.15, 0.2) is 42.5 Å². The molecule has 1 aliphatic rings. The molecule has 0 aliphatic carbocycles. The minimum atomic E-state index is -1.31. The molecule has 1 heterocycles. The molecule has 8 nitrogen and oxygen atoms in total. The summed E-state index contributed by atoms with van der Waals surface area (Å²) >= 11 is 0. The Morgan fingerprint density at radius 2 is 1.84 bits per heavy atom. The molecule has 1 aliphatic heterocycles. The van der Waals surface area contributed by atoms with Gasteiger partial charge in [0.25, 0.3) is 0 Å². The van der Waals surface area contributed by atoms with Gasteiger partial charge in [0.2, 0.25) is 5.91 Å². The number of carboxylic acids is 2. The standard InChI is InChI=1S/C23H28N2O6/c24-18(14-15-8-9-16-5-1-2-6-17(16)13-15)22(28)25(20-7-3-4-12-31-20)19(23(29)30)10-11-21(26)27/h1-2,5-6,8-9,13,18-20H,3-4,7,10-12,14,24H2,(H,26,27)(H,29,30)/t18-,19-,20?/m0/s1. The molecule has 3 rings (SSSR count). The number of rotatable bonds is 9. The molecule has 3 atom stereocenters. The summed E-state index contributed by atoms with van der Waals surface area (Å²) in [7, 11) is 0. The van der Waals surface area contributed by atoms with Crippen molar-refractivity contribution in [1.29, 1.82) is 0 Å². The molecule has 1 unspecified atom stereocenters. The highest BCUT2D eigenvalue weighted by Gasteiger charge is 2.38. The Kier molecular flexibility index (Phi) is 7.59. The Morgan fingerprint density at radius 3 is 2.48 bits per heavy atom. The zero-order chi connectivity index (χ0) is 22.4. The Balaban J connectivity index is 1.82. The number of nitrogens with two attached hydrogens (primary N) is 1. The number of benzene rings is 2. The van der Waals surface area contributed by atoms with Crippen LogP contribution in [0.3, 0.4) is 0 Å². The van der Waals surface area contributed by atoms with Crippen molar-refractivity contribution in [3.63, 3.8) is 0 Å². The van der Waals surface area contributed by atoms with Crippen molar-refractivity contribution in [2.24, 2.45) is 5.73 Å². The van der Waals surface area contributed by atoms with Crippen LogP contribution in [0.2, 0.25) is 0 Å². The van der Waals surface area contributed by atoms with Crippen LogP contribution in [0.1, 0.15) is 37.7 Å². The average Bonchev–Trinajstić information content (AvgIpc) is 2.76. The predicted molar refractivity (Wildman–Crippen MR) is 114 cm³/mol. The van der Waals surface area contributed by atoms with Gasteiger partial charge in [-0.1, -0.05) is 42.5 Å². The second-order valence-corrected chi connectivity index (χ2v) is 7.85. The lowest BCUT2D eigenvalue weighted by atomic mass is 9.99. The third-order valence-electron chi connectivity index (χ3n) is 5.56. The largest absolute Gasteiger partial charge is 0.481 e. The number of aliphatic carboxylic acids is 2. The number of amides is 1. The van der Waals surface area contributed by atoms with E-state index in [0.717, 1.165) is 34.1 Å². The third-order valence-corrected chi connectivity index (χ3v) is 5.56. The van der Waals surface area contributed by atoms with E-state index in [1.165, 1.54) is 0 Å². The van der Waals surface area contributed by atoms with E-state index in [1.807, 2.05) is 42.5 Å². The second kappa shape index (κ2) is 10.4. The van der Waals surface area contributed by atoms with Gasteiger partial charge in [-0.2, -0.15) is 0 Å². The van der Waals surface area contributed by atoms with E-state index in [4.69, 9.17) is 15.6 Å². The first kappa shape index (κ1) is 22.7. The summed E-state index contributed by atoms with van der Waals surface area (Å²) in [5, 5.41) is 20.9. The summed E-state index contributed by atoms with van der Waals surface area (Å²) in [4.78, 5) is 37.4. The fourth-order valence-corrected chi connectivity index (χ4v) is 3.98. The number of carbonyl (C=O) groups is 3. The smallest absolute Gasteiger partial charge is 0.326 e. The maximum absolute atomic E-state index is 13.3. The first-order valence-electron chi connectivity index (χ1n) is 10.5. The second-order valence-electron chi connectivity index (χ2n) is 7.85. The molecule has 2 aromatic carbocycles. The number of nitrogens with zero attached hydrogens (tertiary/aromatic N) is 1. The summed E-state index contributed by atoms with van der Waals surface area (Å²) in [5.41, 5.74) is 7.10. The number of hydrogen-bond acceptors (Lipinski definition) is 5. The van der Waals surface area contributed by atoms with Crippen molar-refractivity contribution in [3.8, 4) is 0 Å². The molecule has 4 N–H and O–H groups in total. The third kappa shape index (κ3) is 5.80. The fraction of sp³-hybridized carbons (Fsp3) is 0.435. The topological polar surface area (TPSA) is 130 Å². The van der Waals surface area contributed by atoms with E-state index in [9.17, 15) is 19.5 Å². The van der Waals surface area contributed by atoms with Gasteiger partial charge in [0.1, 0.15) is 12.3 Å². The van der Waals surface area contributed by atoms with Crippen LogP contribution < -0.4 is 5.73 Å². The molecule has 0 radical (unpaired) electrons. The SMILES string of the molecule is N[C@@H](Cc1ccc2ccccc2c1)C(=O)N(C1CCCCO1)[C@@H](CCC(=O)O)C(=O)O. The lowest BCUT2D eigenvalue weighted by molar-refractivity contribution is -0.171. The van der Waals surface area contributed by atoms with Crippen LogP contribution in [0.5, 0.6) is 0 Å². The van der Waals surface area contributed by atoms with Gasteiger partial charge in [0.15, 0.2) is 0 Å². The van der Waals surface area contributed by atoms with Gasteiger partial charge in [-0.15, -0.1) is 0 Å². The Bertz CT molecular complexity index is 941. The molecule has 1 saturated heterocycles. The van der Waals surface area contributed by atoms with Gasteiger partial charge < -0.3 is 25.6 Å². The minimum Gasteiger partial charge on any atom is -0.481 e. The van der Waals surface area contributed by atoms with Crippen molar-refractivity contribution >= 4 is 28.6 Å². The van der Waals surface area contributed by atoms with Crippen molar-refractivity contribution in [2.45, 2.75) is 56.8 Å². The first-order chi connectivity index (χ1) is 14.9. The minimum absolute atomic E-state index is 0.209. The van der Waals surface area contributed by atoms with Gasteiger partial charge >= 0.3 is 11.9 Å². The molecule has 0 saturated carbocycles. The Hall–Kier alpha value is -2.97. The number of hydrogen-bond donors (Lipinski definition) is 3. The molecular weight excluding hydrogens is 400 g/mol. The zero-order valence-corrected chi connectivity index (χ0v) is 17.3. The van der Waals surface area contributed by atoms with E-state index >= 15 is 0 Å². The van der Waals surface area contributed by atoms with Gasteiger partial charge in [-0.05, 0) is 48.4 Å². The van der Waals surface area contributed by atoms with Gasteiger partial charge in [0, 0.05) is 13.0 Å². The van der Waals surface area contributed by atoms with Crippen LogP contribution >= 0.6 is 0 Å². The van der Waals surface area contributed by atoms with E-state index < -0.39 is 36.2 Å². The predicted octanol–water partition coefficient (Wildman–Crippen LogP) is 2.38. The van der Waals surface area contributed by atoms with E-state index in [-0.39, 0.29) is 19.3 Å². The number of ether oxygens (including phenoxy) is 1.